The van der Waals surface area contributed by atoms with Crippen molar-refractivity contribution in [2.45, 2.75) is 131 Å². The molecule has 8 heterocycles. The van der Waals surface area contributed by atoms with Gasteiger partial charge in [-0.05, 0) is 164 Å². The van der Waals surface area contributed by atoms with Crippen molar-refractivity contribution in [1.29, 1.82) is 0 Å². The van der Waals surface area contributed by atoms with Crippen molar-refractivity contribution in [3.63, 3.8) is 0 Å². The van der Waals surface area contributed by atoms with Gasteiger partial charge in [-0.1, -0.05) is 52.0 Å². The fraction of sp³-hybridized carbons (Fsp3) is 0.533. The van der Waals surface area contributed by atoms with Crippen LogP contribution in [0.4, 0.5) is 46.0 Å². The number of nitrogens with zero attached hydrogens (tertiary/aromatic N) is 6. The Balaban J connectivity index is 0.000000546. The second-order valence-corrected chi connectivity index (χ2v) is 24.6. The number of carbonyl (C=O) groups is 2. The molecule has 4 aliphatic rings. The van der Waals surface area contributed by atoms with Crippen molar-refractivity contribution in [2.75, 3.05) is 75.6 Å². The number of hydrogen-bond acceptors (Lipinski definition) is 17. The van der Waals surface area contributed by atoms with E-state index in [0.717, 1.165) is 83.3 Å². The summed E-state index contributed by atoms with van der Waals surface area (Å²) in [5, 5.41) is 19.0. The number of allylic oxidation sites excluding steroid dienone is 3. The van der Waals surface area contributed by atoms with E-state index in [4.69, 9.17) is 9.47 Å². The number of anilines is 4. The monoisotopic (exact) mass is 1210 g/mol. The third-order valence-electron chi connectivity index (χ3n) is 12.9. The van der Waals surface area contributed by atoms with Crippen LogP contribution in [0.1, 0.15) is 131 Å². The summed E-state index contributed by atoms with van der Waals surface area (Å²) in [6.07, 6.45) is 16.6. The number of hydrogen-bond donors (Lipinski definition) is 6. The van der Waals surface area contributed by atoms with Gasteiger partial charge in [0.1, 0.15) is 34.5 Å². The summed E-state index contributed by atoms with van der Waals surface area (Å²) in [4.78, 5) is 44.0. The topological polar surface area (TPSA) is 226 Å². The van der Waals surface area contributed by atoms with Crippen molar-refractivity contribution in [1.82, 2.24) is 40.4 Å². The number of ether oxygens (including phenoxy) is 2. The molecule has 1 fully saturated rings. The number of nitrogens with one attached hydrogen (secondary N) is 6. The van der Waals surface area contributed by atoms with E-state index in [-0.39, 0.29) is 64.4 Å². The molecule has 8 rings (SSSR count). The Bertz CT molecular complexity index is 2880. The molecule has 25 heteroatoms. The summed E-state index contributed by atoms with van der Waals surface area (Å²) >= 11 is 0. The van der Waals surface area contributed by atoms with Crippen molar-refractivity contribution < 1.29 is 75.8 Å². The number of piperidine rings is 1. The molecule has 1 saturated heterocycles. The normalized spacial score (nSPS) is 19.3. The number of aromatic nitrogens is 4. The van der Waals surface area contributed by atoms with Gasteiger partial charge >= 0.3 is 57.4 Å². The van der Waals surface area contributed by atoms with Gasteiger partial charge in [-0.15, -0.1) is 0 Å². The summed E-state index contributed by atoms with van der Waals surface area (Å²) in [6.45, 7) is 23.7. The minimum Gasteiger partial charge on any atom is -1.00 e. The molecular formula is C60H90BF3N12NaO7S. The van der Waals surface area contributed by atoms with Crippen LogP contribution in [0.2, 0.25) is 0 Å². The number of amides is 2. The van der Waals surface area contributed by atoms with E-state index in [1.807, 2.05) is 111 Å². The van der Waals surface area contributed by atoms with Crippen LogP contribution in [0, 0.1) is 30.6 Å². The van der Waals surface area contributed by atoms with Gasteiger partial charge in [0.2, 0.25) is 5.88 Å². The molecule has 463 valence electrons. The molecule has 19 nitrogen and oxygen atoms in total. The largest absolute Gasteiger partial charge is 1.00 e. The SMILES string of the molecule is CC1CC=C(OS(=O)(=O)C(F)(F)F)N(C(=O)OC(C)(C)C)C1.CNc1ccc(C)cn1.CNc1ccc(C2=CCC(C)CN2)cn1.CNc1ccc(C2=CCC(C)CN2C(=O)OC(C)(C)C)cn1.CNc1ccc(C2CCC(C)CN2)cn1.[B].[H-].[Na+]. The standard InChI is InChI=1S/C17H25N3O2.C12H18F3NO5S.C12H19N3.C12H17N3.C7H10N2.B.Na.H/c1-12-6-8-14(13-7-9-15(18-5)19-10-13)20(11-12)16(21)22-17(2,3)4;1-8-5-6-9(21-22(18,19)12(13,14)15)16(7-8)10(17)20-11(2,3)4;2*1-9-3-5-11(14-7-9)10-4-6-12(13-2)15-8-10;1-6-3-4-7(8-2)9-5-6;;;/h7-10,12H,6,11H2,1-5H3,(H,18,19);6,8H,5,7H2,1-4H3;4,6,8-9,11,14H,3,5,7H2,1-2H3,(H,13,15);4-6,8-9,14H,3,7H2,1-2H3,(H,13,15);3-5H,1-2H3,(H,8,9);;;/q;;;;;;+1;-1. The zero-order chi connectivity index (χ0) is 61.7. The van der Waals surface area contributed by atoms with Crippen LogP contribution in [0.25, 0.3) is 11.4 Å². The van der Waals surface area contributed by atoms with Gasteiger partial charge in [-0.2, -0.15) is 21.6 Å². The zero-order valence-electron chi connectivity index (χ0n) is 53.6. The third-order valence-corrected chi connectivity index (χ3v) is 13.9. The average molecular weight is 1210 g/mol. The minimum absolute atomic E-state index is 0. The Labute approximate surface area is 528 Å². The van der Waals surface area contributed by atoms with Crippen LogP contribution in [-0.2, 0) is 23.8 Å². The smallest absolute Gasteiger partial charge is 1.00 e. The predicted octanol–water partition coefficient (Wildman–Crippen LogP) is 9.16. The number of alkyl halides is 3. The van der Waals surface area contributed by atoms with Crippen molar-refractivity contribution in [3.05, 3.63) is 120 Å². The first-order valence-corrected chi connectivity index (χ1v) is 29.5. The summed E-state index contributed by atoms with van der Waals surface area (Å²) in [5.74, 6) is 4.76. The molecule has 0 spiro atoms. The Morgan fingerprint density at radius 2 is 1.08 bits per heavy atom. The van der Waals surface area contributed by atoms with E-state index in [9.17, 15) is 31.2 Å². The van der Waals surface area contributed by atoms with E-state index in [1.54, 1.807) is 38.8 Å². The van der Waals surface area contributed by atoms with E-state index < -0.39 is 38.8 Å². The molecule has 5 unspecified atom stereocenters. The molecular weight excluding hydrogens is 1120 g/mol. The summed E-state index contributed by atoms with van der Waals surface area (Å²) in [5.41, 5.74) is -0.280. The van der Waals surface area contributed by atoms with Crippen LogP contribution in [0.5, 0.6) is 0 Å². The van der Waals surface area contributed by atoms with E-state index in [1.165, 1.54) is 35.2 Å². The Hall–Kier alpha value is -6.08. The minimum atomic E-state index is -5.84. The van der Waals surface area contributed by atoms with E-state index >= 15 is 0 Å². The van der Waals surface area contributed by atoms with E-state index in [2.05, 4.69) is 101 Å². The molecule has 3 radical (unpaired) electrons. The fourth-order valence-corrected chi connectivity index (χ4v) is 8.79. The van der Waals surface area contributed by atoms with Crippen LogP contribution in [0.3, 0.4) is 0 Å². The van der Waals surface area contributed by atoms with Crippen LogP contribution >= 0.6 is 0 Å². The second kappa shape index (κ2) is 34.9. The van der Waals surface area contributed by atoms with Gasteiger partial charge in [0.15, 0.2) is 0 Å². The first-order chi connectivity index (χ1) is 38.9. The van der Waals surface area contributed by atoms with Crippen molar-refractivity contribution in [2.24, 2.45) is 23.7 Å². The third kappa shape index (κ3) is 25.8. The van der Waals surface area contributed by atoms with Crippen molar-refractivity contribution in [3.8, 4) is 0 Å². The molecule has 0 saturated carbocycles. The molecule has 85 heavy (non-hydrogen) atoms. The molecule has 0 bridgehead atoms. The quantitative estimate of drug-likeness (QED) is 0.0522. The van der Waals surface area contributed by atoms with Crippen molar-refractivity contribution >= 4 is 65.4 Å². The maximum Gasteiger partial charge on any atom is 1.00 e. The van der Waals surface area contributed by atoms with Crippen LogP contribution in [-0.4, -0.2) is 130 Å². The number of halogens is 3. The Morgan fingerprint density at radius 3 is 1.51 bits per heavy atom. The molecule has 4 aromatic rings. The van der Waals surface area contributed by atoms with Gasteiger partial charge in [0.05, 0.1) is 5.70 Å². The van der Waals surface area contributed by atoms with Gasteiger partial charge < -0.3 is 47.0 Å². The average Bonchev–Trinajstić information content (AvgIpc) is 3.00. The second-order valence-electron chi connectivity index (χ2n) is 23.0. The maximum absolute atomic E-state index is 12.5. The first kappa shape index (κ1) is 75.0. The predicted molar refractivity (Wildman–Crippen MR) is 331 cm³/mol. The van der Waals surface area contributed by atoms with E-state index in [0.29, 0.717) is 18.5 Å². The summed E-state index contributed by atoms with van der Waals surface area (Å²) in [7, 11) is 1.61. The summed E-state index contributed by atoms with van der Waals surface area (Å²) < 4.78 is 74.0. The van der Waals surface area contributed by atoms with Gasteiger partial charge in [0.25, 0.3) is 0 Å². The fourth-order valence-electron chi connectivity index (χ4n) is 8.31. The molecule has 4 aromatic heterocycles. The first-order valence-electron chi connectivity index (χ1n) is 28.1. The van der Waals surface area contributed by atoms with Crippen LogP contribution < -0.4 is 61.5 Å². The summed E-state index contributed by atoms with van der Waals surface area (Å²) in [6, 6.07) is 16.6. The maximum atomic E-state index is 12.5. The number of aryl methyl sites for hydroxylation is 1. The molecule has 0 aromatic carbocycles. The molecule has 4 aliphatic heterocycles. The number of rotatable bonds is 9. The van der Waals surface area contributed by atoms with Crippen LogP contribution in [0.15, 0.2) is 97.4 Å². The molecule has 5 atom stereocenters. The van der Waals surface area contributed by atoms with Gasteiger partial charge in [-0.25, -0.2) is 34.4 Å². The molecule has 2 amide bonds. The number of pyridine rings is 4. The van der Waals surface area contributed by atoms with Gasteiger partial charge in [0, 0.05) is 104 Å². The Morgan fingerprint density at radius 1 is 0.612 bits per heavy atom. The molecule has 6 N–H and O–H groups in total. The zero-order valence-corrected chi connectivity index (χ0v) is 55.4. The Kier molecular flexibility index (Phi) is 30.8. The van der Waals surface area contributed by atoms with Gasteiger partial charge in [-0.3, -0.25) is 4.90 Å². The number of carbonyl (C=O) groups excluding carboxylic acids is 2. The molecule has 0 aliphatic carbocycles.